The summed E-state index contributed by atoms with van der Waals surface area (Å²) in [4.78, 5) is 0. The number of halogens is 2. The molecule has 5 heteroatoms. The van der Waals surface area contributed by atoms with Crippen molar-refractivity contribution < 1.29 is 8.50 Å². The van der Waals surface area contributed by atoms with E-state index in [-0.39, 0.29) is 4.75 Å². The van der Waals surface area contributed by atoms with Crippen LogP contribution in [0.2, 0.25) is 0 Å². The van der Waals surface area contributed by atoms with Crippen molar-refractivity contribution in [1.29, 1.82) is 0 Å². The first kappa shape index (κ1) is 12.3. The fourth-order valence-corrected chi connectivity index (χ4v) is 7.44. The Kier molecular flexibility index (Phi) is 4.19. The Morgan fingerprint density at radius 3 is 2.62 bits per heavy atom. The van der Waals surface area contributed by atoms with Crippen LogP contribution >= 0.6 is 20.0 Å². The van der Waals surface area contributed by atoms with Crippen LogP contribution in [0.1, 0.15) is 10.3 Å². The van der Waals surface area contributed by atoms with E-state index in [1.807, 2.05) is 36.4 Å². The monoisotopic (exact) mass is 320 g/mol. The fourth-order valence-electron chi connectivity index (χ4n) is 1.60. The van der Waals surface area contributed by atoms with E-state index in [1.165, 1.54) is 0 Å². The summed E-state index contributed by atoms with van der Waals surface area (Å²) in [5.41, 5.74) is 1.08. The molecule has 0 fully saturated rings. The normalized spacial score (nSPS) is 26.2. The van der Waals surface area contributed by atoms with Crippen LogP contribution in [-0.4, -0.2) is 25.0 Å². The molecule has 0 aliphatic carbocycles. The minimum absolute atomic E-state index is 0.0511. The van der Waals surface area contributed by atoms with Gasteiger partial charge in [-0.15, -0.1) is 0 Å². The molecule has 1 aliphatic rings. The van der Waals surface area contributed by atoms with Crippen molar-refractivity contribution in [2.75, 3.05) is 13.2 Å². The van der Waals surface area contributed by atoms with Gasteiger partial charge in [0.1, 0.15) is 0 Å². The van der Waals surface area contributed by atoms with Crippen molar-refractivity contribution >= 4 is 31.8 Å². The number of ether oxygens (including phenoxy) is 1. The van der Waals surface area contributed by atoms with Crippen molar-refractivity contribution in [2.24, 2.45) is 0 Å². The Balaban J connectivity index is 2.31. The van der Waals surface area contributed by atoms with Crippen LogP contribution in [0.3, 0.4) is 0 Å². The van der Waals surface area contributed by atoms with Crippen LogP contribution in [0.4, 0.5) is 0 Å². The van der Waals surface area contributed by atoms with Crippen molar-refractivity contribution in [3.8, 4) is 0 Å². The van der Waals surface area contributed by atoms with Gasteiger partial charge in [0.05, 0.1) is 0 Å². The van der Waals surface area contributed by atoms with Crippen molar-refractivity contribution in [3.05, 3.63) is 48.2 Å². The van der Waals surface area contributed by atoms with E-state index >= 15 is 0 Å². The standard InChI is InChI=1S/C11H12Cl2GeO2/c12-14(13)11(6-7-15-8-9-16-14)10-4-2-1-3-5-10/h1-7,11H,8-9H2/b7-6-. The SMILES string of the molecule is [Cl][Ge]1([Cl])[O]CCO/C=C\[CH]1c1ccccc1. The molecule has 0 spiro atoms. The van der Waals surface area contributed by atoms with Gasteiger partial charge in [0.2, 0.25) is 0 Å². The third-order valence-electron chi connectivity index (χ3n) is 2.38. The Bertz CT molecular complexity index is 368. The number of hydrogen-bond acceptors (Lipinski definition) is 2. The molecule has 1 unspecified atom stereocenters. The minimum atomic E-state index is -3.30. The molecule has 2 nitrogen and oxygen atoms in total. The molecule has 0 bridgehead atoms. The van der Waals surface area contributed by atoms with Crippen molar-refractivity contribution in [2.45, 2.75) is 4.75 Å². The number of benzene rings is 1. The third kappa shape index (κ3) is 2.95. The van der Waals surface area contributed by atoms with E-state index in [0.29, 0.717) is 13.2 Å². The van der Waals surface area contributed by atoms with Crippen LogP contribution in [0.5, 0.6) is 0 Å². The summed E-state index contributed by atoms with van der Waals surface area (Å²) in [6, 6.07) is 9.91. The van der Waals surface area contributed by atoms with E-state index in [4.69, 9.17) is 28.5 Å². The molecule has 1 aromatic carbocycles. The summed E-state index contributed by atoms with van der Waals surface area (Å²) in [6.45, 7) is 0.963. The van der Waals surface area contributed by atoms with Crippen LogP contribution in [-0.2, 0) is 8.50 Å². The molecule has 0 N–H and O–H groups in total. The van der Waals surface area contributed by atoms with E-state index in [0.717, 1.165) is 5.56 Å². The summed E-state index contributed by atoms with van der Waals surface area (Å²) >= 11 is -3.30. The van der Waals surface area contributed by atoms with E-state index in [1.54, 1.807) is 6.26 Å². The summed E-state index contributed by atoms with van der Waals surface area (Å²) in [5, 5.41) is 0. The molecule has 0 amide bonds. The Hall–Kier alpha value is -0.157. The second-order valence-corrected chi connectivity index (χ2v) is 14.6. The summed E-state index contributed by atoms with van der Waals surface area (Å²) in [5.74, 6) is 0. The molecular weight excluding hydrogens is 308 g/mol. The van der Waals surface area contributed by atoms with E-state index in [2.05, 4.69) is 0 Å². The van der Waals surface area contributed by atoms with Gasteiger partial charge < -0.3 is 0 Å². The van der Waals surface area contributed by atoms with Gasteiger partial charge in [-0.25, -0.2) is 0 Å². The van der Waals surface area contributed by atoms with Crippen LogP contribution in [0, 0.1) is 0 Å². The molecule has 0 saturated heterocycles. The first-order valence-electron chi connectivity index (χ1n) is 5.05. The van der Waals surface area contributed by atoms with Gasteiger partial charge >= 0.3 is 106 Å². The summed E-state index contributed by atoms with van der Waals surface area (Å²) < 4.78 is 10.8. The van der Waals surface area contributed by atoms with Gasteiger partial charge in [-0.2, -0.15) is 0 Å². The molecule has 2 rings (SSSR count). The average Bonchev–Trinajstić information content (AvgIpc) is 2.26. The Labute approximate surface area is 106 Å². The van der Waals surface area contributed by atoms with Gasteiger partial charge in [-0.05, 0) is 0 Å². The van der Waals surface area contributed by atoms with Gasteiger partial charge in [0, 0.05) is 0 Å². The second-order valence-electron chi connectivity index (χ2n) is 3.50. The van der Waals surface area contributed by atoms with Gasteiger partial charge in [-0.3, -0.25) is 0 Å². The quantitative estimate of drug-likeness (QED) is 0.740. The topological polar surface area (TPSA) is 18.5 Å². The Morgan fingerprint density at radius 2 is 1.88 bits per heavy atom. The number of rotatable bonds is 1. The molecule has 1 heterocycles. The van der Waals surface area contributed by atoms with Gasteiger partial charge in [0.25, 0.3) is 0 Å². The number of hydrogen-bond donors (Lipinski definition) is 0. The molecule has 86 valence electrons. The first-order chi connectivity index (χ1) is 7.70. The zero-order valence-electron chi connectivity index (χ0n) is 8.61. The molecule has 0 radical (unpaired) electrons. The van der Waals surface area contributed by atoms with Crippen LogP contribution in [0.25, 0.3) is 0 Å². The Morgan fingerprint density at radius 1 is 1.12 bits per heavy atom. The van der Waals surface area contributed by atoms with Crippen molar-refractivity contribution in [1.82, 2.24) is 0 Å². The molecular formula is C11H12Cl2GeO2. The molecule has 0 aromatic heterocycles. The second kappa shape index (κ2) is 5.45. The molecule has 16 heavy (non-hydrogen) atoms. The molecule has 1 aliphatic heterocycles. The van der Waals surface area contributed by atoms with Gasteiger partial charge in [0.15, 0.2) is 0 Å². The summed E-state index contributed by atoms with van der Waals surface area (Å²) in [6.07, 6.45) is 3.57. The molecule has 1 aromatic rings. The van der Waals surface area contributed by atoms with Gasteiger partial charge in [-0.1, -0.05) is 0 Å². The van der Waals surface area contributed by atoms with Crippen molar-refractivity contribution in [3.63, 3.8) is 0 Å². The molecule has 0 saturated carbocycles. The van der Waals surface area contributed by atoms with E-state index in [9.17, 15) is 0 Å². The fraction of sp³-hybridized carbons (Fsp3) is 0.273. The maximum absolute atomic E-state index is 6.37. The number of allylic oxidation sites excluding steroid dienone is 1. The predicted octanol–water partition coefficient (Wildman–Crippen LogP) is 3.29. The maximum atomic E-state index is 6.37. The molecule has 1 atom stereocenters. The zero-order chi connectivity index (χ0) is 11.4. The van der Waals surface area contributed by atoms with Crippen LogP contribution < -0.4 is 0 Å². The zero-order valence-corrected chi connectivity index (χ0v) is 12.2. The summed E-state index contributed by atoms with van der Waals surface area (Å²) in [7, 11) is 12.7. The van der Waals surface area contributed by atoms with E-state index < -0.39 is 11.7 Å². The predicted molar refractivity (Wildman–Crippen MR) is 67.7 cm³/mol. The average molecular weight is 320 g/mol. The first-order valence-corrected chi connectivity index (χ1v) is 12.6. The van der Waals surface area contributed by atoms with Crippen LogP contribution in [0.15, 0.2) is 42.7 Å². The third-order valence-corrected chi connectivity index (χ3v) is 9.82.